The van der Waals surface area contributed by atoms with Crippen molar-refractivity contribution in [1.82, 2.24) is 10.2 Å². The van der Waals surface area contributed by atoms with E-state index in [9.17, 15) is 4.79 Å². The summed E-state index contributed by atoms with van der Waals surface area (Å²) in [5.74, 6) is 1.49. The summed E-state index contributed by atoms with van der Waals surface area (Å²) in [6, 6.07) is 9.87. The topological polar surface area (TPSA) is 32.3 Å². The Hall–Kier alpha value is -1.00. The first kappa shape index (κ1) is 13.0. The van der Waals surface area contributed by atoms with Crippen LogP contribution in [-0.4, -0.2) is 35.0 Å². The lowest BCUT2D eigenvalue weighted by Crippen LogP contribution is -2.34. The minimum atomic E-state index is -0.144. The number of nitrogens with zero attached hydrogens (tertiary/aromatic N) is 1. The van der Waals surface area contributed by atoms with Gasteiger partial charge in [0.1, 0.15) is 6.04 Å². The fourth-order valence-corrected chi connectivity index (χ4v) is 4.13. The number of hydrogen-bond donors (Lipinski definition) is 1. The second-order valence-electron chi connectivity index (χ2n) is 5.26. The Labute approximate surface area is 118 Å². The van der Waals surface area contributed by atoms with Crippen LogP contribution >= 0.6 is 11.8 Å². The van der Waals surface area contributed by atoms with Gasteiger partial charge in [-0.15, -0.1) is 0 Å². The normalized spacial score (nSPS) is 27.8. The molecular weight excluding hydrogens is 256 g/mol. The lowest BCUT2D eigenvalue weighted by Gasteiger charge is -2.26. The van der Waals surface area contributed by atoms with Gasteiger partial charge in [0.25, 0.3) is 0 Å². The van der Waals surface area contributed by atoms with Crippen LogP contribution in [0.3, 0.4) is 0 Å². The molecule has 2 atom stereocenters. The fraction of sp³-hybridized carbons (Fsp3) is 0.533. The molecule has 2 unspecified atom stereocenters. The molecule has 4 heteroatoms. The Balaban J connectivity index is 1.62. The number of hydrogen-bond acceptors (Lipinski definition) is 3. The van der Waals surface area contributed by atoms with Gasteiger partial charge in [0.15, 0.2) is 0 Å². The molecule has 2 aliphatic rings. The maximum absolute atomic E-state index is 12.4. The molecule has 0 aliphatic carbocycles. The molecule has 2 heterocycles. The minimum absolute atomic E-state index is 0.144. The molecule has 0 saturated carbocycles. The molecule has 0 spiro atoms. The molecular formula is C15H20N2OS. The molecule has 1 N–H and O–H groups in total. The largest absolute Gasteiger partial charge is 0.327 e. The SMILES string of the molecule is O=C1C(c2ccccc2)NCN1CC1CCCCS1. The standard InChI is InChI=1S/C15H20N2OS/c18-15-14(12-6-2-1-3-7-12)16-11-17(15)10-13-8-4-5-9-19-13/h1-3,6-7,13-14,16H,4-5,8-11H2. The zero-order valence-corrected chi connectivity index (χ0v) is 11.9. The molecule has 0 bridgehead atoms. The number of nitrogens with one attached hydrogen (secondary N) is 1. The highest BCUT2D eigenvalue weighted by atomic mass is 32.2. The third kappa shape index (κ3) is 2.95. The minimum Gasteiger partial charge on any atom is -0.327 e. The van der Waals surface area contributed by atoms with Crippen molar-refractivity contribution in [2.24, 2.45) is 0 Å². The van der Waals surface area contributed by atoms with Gasteiger partial charge in [-0.05, 0) is 24.2 Å². The third-order valence-corrected chi connectivity index (χ3v) is 5.26. The van der Waals surface area contributed by atoms with Crippen LogP contribution in [0.4, 0.5) is 0 Å². The van der Waals surface area contributed by atoms with Crippen LogP contribution in [0, 0.1) is 0 Å². The molecule has 0 aromatic heterocycles. The van der Waals surface area contributed by atoms with Gasteiger partial charge in [-0.2, -0.15) is 11.8 Å². The fourth-order valence-electron chi connectivity index (χ4n) is 2.81. The molecule has 3 nitrogen and oxygen atoms in total. The van der Waals surface area contributed by atoms with E-state index < -0.39 is 0 Å². The van der Waals surface area contributed by atoms with Gasteiger partial charge in [-0.3, -0.25) is 10.1 Å². The van der Waals surface area contributed by atoms with E-state index in [1.165, 1.54) is 25.0 Å². The number of rotatable bonds is 3. The van der Waals surface area contributed by atoms with E-state index in [2.05, 4.69) is 5.32 Å². The average molecular weight is 276 g/mol. The van der Waals surface area contributed by atoms with Gasteiger partial charge in [-0.25, -0.2) is 0 Å². The molecule has 1 amide bonds. The van der Waals surface area contributed by atoms with Gasteiger partial charge in [0.05, 0.1) is 6.67 Å². The van der Waals surface area contributed by atoms with Crippen LogP contribution in [0.25, 0.3) is 0 Å². The summed E-state index contributed by atoms with van der Waals surface area (Å²) < 4.78 is 0. The van der Waals surface area contributed by atoms with Gasteiger partial charge < -0.3 is 4.90 Å². The zero-order valence-electron chi connectivity index (χ0n) is 11.0. The monoisotopic (exact) mass is 276 g/mol. The van der Waals surface area contributed by atoms with Gasteiger partial charge in [0.2, 0.25) is 5.91 Å². The quantitative estimate of drug-likeness (QED) is 0.920. The van der Waals surface area contributed by atoms with Gasteiger partial charge in [0, 0.05) is 11.8 Å². The average Bonchev–Trinajstić information content (AvgIpc) is 2.82. The lowest BCUT2D eigenvalue weighted by atomic mass is 10.1. The van der Waals surface area contributed by atoms with E-state index >= 15 is 0 Å². The summed E-state index contributed by atoms with van der Waals surface area (Å²) in [6.07, 6.45) is 3.90. The van der Waals surface area contributed by atoms with E-state index in [4.69, 9.17) is 0 Å². The molecule has 102 valence electrons. The Kier molecular flexibility index (Phi) is 4.09. The van der Waals surface area contributed by atoms with Crippen molar-refractivity contribution >= 4 is 17.7 Å². The number of thioether (sulfide) groups is 1. The molecule has 3 rings (SSSR count). The van der Waals surface area contributed by atoms with Crippen molar-refractivity contribution in [2.45, 2.75) is 30.6 Å². The Morgan fingerprint density at radius 1 is 1.26 bits per heavy atom. The maximum atomic E-state index is 12.4. The van der Waals surface area contributed by atoms with E-state index in [-0.39, 0.29) is 11.9 Å². The molecule has 2 fully saturated rings. The van der Waals surface area contributed by atoms with Crippen molar-refractivity contribution in [3.8, 4) is 0 Å². The molecule has 2 saturated heterocycles. The lowest BCUT2D eigenvalue weighted by molar-refractivity contribution is -0.129. The Morgan fingerprint density at radius 2 is 2.11 bits per heavy atom. The first-order chi connectivity index (χ1) is 9.34. The van der Waals surface area contributed by atoms with Crippen molar-refractivity contribution in [3.63, 3.8) is 0 Å². The van der Waals surface area contributed by atoms with Crippen LogP contribution in [-0.2, 0) is 4.79 Å². The van der Waals surface area contributed by atoms with Crippen molar-refractivity contribution in [2.75, 3.05) is 19.0 Å². The predicted molar refractivity (Wildman–Crippen MR) is 79.0 cm³/mol. The van der Waals surface area contributed by atoms with Crippen molar-refractivity contribution in [1.29, 1.82) is 0 Å². The first-order valence-electron chi connectivity index (χ1n) is 7.03. The number of carbonyl (C=O) groups excluding carboxylic acids is 1. The van der Waals surface area contributed by atoms with Gasteiger partial charge >= 0.3 is 0 Å². The number of amides is 1. The van der Waals surface area contributed by atoms with Crippen molar-refractivity contribution < 1.29 is 4.79 Å². The zero-order chi connectivity index (χ0) is 13.1. The van der Waals surface area contributed by atoms with E-state index in [1.54, 1.807) is 0 Å². The summed E-state index contributed by atoms with van der Waals surface area (Å²) in [7, 11) is 0. The molecule has 1 aromatic carbocycles. The van der Waals surface area contributed by atoms with E-state index in [1.807, 2.05) is 47.0 Å². The van der Waals surface area contributed by atoms with E-state index in [0.717, 1.165) is 12.1 Å². The van der Waals surface area contributed by atoms with Crippen LogP contribution in [0.2, 0.25) is 0 Å². The molecule has 1 aromatic rings. The second-order valence-corrected chi connectivity index (χ2v) is 6.66. The van der Waals surface area contributed by atoms with Crippen LogP contribution < -0.4 is 5.32 Å². The third-order valence-electron chi connectivity index (χ3n) is 3.88. The summed E-state index contributed by atoms with van der Waals surface area (Å²) in [6.45, 7) is 1.59. The summed E-state index contributed by atoms with van der Waals surface area (Å²) in [4.78, 5) is 14.4. The van der Waals surface area contributed by atoms with Crippen LogP contribution in [0.1, 0.15) is 30.9 Å². The van der Waals surface area contributed by atoms with Crippen LogP contribution in [0.15, 0.2) is 30.3 Å². The first-order valence-corrected chi connectivity index (χ1v) is 8.08. The summed E-state index contributed by atoms with van der Waals surface area (Å²) >= 11 is 2.03. The number of benzene rings is 1. The van der Waals surface area contributed by atoms with Gasteiger partial charge in [-0.1, -0.05) is 36.8 Å². The highest BCUT2D eigenvalue weighted by Crippen LogP contribution is 2.28. The molecule has 0 radical (unpaired) electrons. The molecule has 2 aliphatic heterocycles. The summed E-state index contributed by atoms with van der Waals surface area (Å²) in [5, 5.41) is 3.96. The summed E-state index contributed by atoms with van der Waals surface area (Å²) in [5.41, 5.74) is 1.08. The smallest absolute Gasteiger partial charge is 0.245 e. The molecule has 19 heavy (non-hydrogen) atoms. The van der Waals surface area contributed by atoms with Crippen LogP contribution in [0.5, 0.6) is 0 Å². The Morgan fingerprint density at radius 3 is 2.84 bits per heavy atom. The van der Waals surface area contributed by atoms with Crippen molar-refractivity contribution in [3.05, 3.63) is 35.9 Å². The Bertz CT molecular complexity index is 431. The highest BCUT2D eigenvalue weighted by Gasteiger charge is 2.33. The predicted octanol–water partition coefficient (Wildman–Crippen LogP) is 2.40. The second kappa shape index (κ2) is 5.97. The number of carbonyl (C=O) groups is 1. The highest BCUT2D eigenvalue weighted by molar-refractivity contribution is 7.99. The van der Waals surface area contributed by atoms with E-state index in [0.29, 0.717) is 11.9 Å². The maximum Gasteiger partial charge on any atom is 0.245 e.